The Labute approximate surface area is 144 Å². The summed E-state index contributed by atoms with van der Waals surface area (Å²) in [5.74, 6) is 0.875. The number of hydrogen-bond acceptors (Lipinski definition) is 2. The number of carbonyl (C=O) groups is 1. The zero-order valence-electron chi connectivity index (χ0n) is 14.5. The van der Waals surface area contributed by atoms with Crippen molar-refractivity contribution in [3.8, 4) is 5.75 Å². The number of rotatable bonds is 8. The minimum atomic E-state index is -0.146. The summed E-state index contributed by atoms with van der Waals surface area (Å²) in [6.07, 6.45) is 1.90. The summed E-state index contributed by atoms with van der Waals surface area (Å²) in [7, 11) is 0. The Bertz CT molecular complexity index is 641. The van der Waals surface area contributed by atoms with Crippen LogP contribution in [0.15, 0.2) is 48.5 Å². The molecule has 0 saturated carbocycles. The second-order valence-electron chi connectivity index (χ2n) is 5.89. The minimum absolute atomic E-state index is 0.146. The van der Waals surface area contributed by atoms with Crippen LogP contribution in [0.1, 0.15) is 23.1 Å². The molecule has 2 amide bonds. The Morgan fingerprint density at radius 1 is 1.00 bits per heavy atom. The second kappa shape index (κ2) is 9.60. The predicted octanol–water partition coefficient (Wildman–Crippen LogP) is 3.61. The van der Waals surface area contributed by atoms with Crippen molar-refractivity contribution in [2.24, 2.45) is 0 Å². The van der Waals surface area contributed by atoms with E-state index in [9.17, 15) is 4.79 Å². The highest BCUT2D eigenvalue weighted by Gasteiger charge is 2.02. The van der Waals surface area contributed by atoms with E-state index >= 15 is 0 Å². The van der Waals surface area contributed by atoms with Gasteiger partial charge in [0.15, 0.2) is 0 Å². The van der Waals surface area contributed by atoms with Crippen LogP contribution in [0.4, 0.5) is 4.79 Å². The quantitative estimate of drug-likeness (QED) is 0.728. The Kier molecular flexibility index (Phi) is 7.15. The molecule has 0 spiro atoms. The van der Waals surface area contributed by atoms with Gasteiger partial charge in [0, 0.05) is 6.54 Å². The molecule has 0 saturated heterocycles. The molecule has 0 bridgehead atoms. The number of benzene rings is 2. The first-order valence-corrected chi connectivity index (χ1v) is 8.41. The number of nitrogens with one attached hydrogen (secondary N) is 2. The maximum atomic E-state index is 11.7. The third kappa shape index (κ3) is 6.32. The van der Waals surface area contributed by atoms with Crippen molar-refractivity contribution in [1.29, 1.82) is 0 Å². The predicted molar refractivity (Wildman–Crippen MR) is 97.6 cm³/mol. The van der Waals surface area contributed by atoms with Gasteiger partial charge in [-0.3, -0.25) is 0 Å². The molecule has 0 atom stereocenters. The van der Waals surface area contributed by atoms with E-state index in [1.165, 1.54) is 11.1 Å². The smallest absolute Gasteiger partial charge is 0.314 e. The number of amides is 2. The van der Waals surface area contributed by atoms with E-state index < -0.39 is 0 Å². The van der Waals surface area contributed by atoms with Crippen LogP contribution in [-0.4, -0.2) is 25.7 Å². The van der Waals surface area contributed by atoms with Gasteiger partial charge in [0.2, 0.25) is 0 Å². The molecule has 128 valence electrons. The lowest BCUT2D eigenvalue weighted by atomic mass is 10.1. The summed E-state index contributed by atoms with van der Waals surface area (Å²) in [5, 5.41) is 5.68. The van der Waals surface area contributed by atoms with Crippen LogP contribution >= 0.6 is 0 Å². The second-order valence-corrected chi connectivity index (χ2v) is 5.89. The van der Waals surface area contributed by atoms with Crippen LogP contribution in [-0.2, 0) is 6.42 Å². The molecular formula is C20H26N2O2. The van der Waals surface area contributed by atoms with Crippen molar-refractivity contribution >= 4 is 6.03 Å². The largest absolute Gasteiger partial charge is 0.491 e. The number of carbonyl (C=O) groups excluding carboxylic acids is 1. The number of aryl methyl sites for hydroxylation is 3. The molecule has 2 aromatic rings. The van der Waals surface area contributed by atoms with Crippen LogP contribution in [0, 0.1) is 13.8 Å². The molecule has 0 aromatic heterocycles. The molecular weight excluding hydrogens is 300 g/mol. The normalized spacial score (nSPS) is 10.2. The molecule has 0 aliphatic heterocycles. The molecule has 0 fully saturated rings. The lowest BCUT2D eigenvalue weighted by Gasteiger charge is -2.11. The fraction of sp³-hybridized carbons (Fsp3) is 0.350. The van der Waals surface area contributed by atoms with Gasteiger partial charge >= 0.3 is 6.03 Å². The van der Waals surface area contributed by atoms with Gasteiger partial charge in [-0.1, -0.05) is 42.5 Å². The molecule has 2 aromatic carbocycles. The van der Waals surface area contributed by atoms with Crippen LogP contribution in [0.2, 0.25) is 0 Å². The zero-order chi connectivity index (χ0) is 17.2. The fourth-order valence-corrected chi connectivity index (χ4v) is 2.39. The van der Waals surface area contributed by atoms with Crippen LogP contribution < -0.4 is 15.4 Å². The van der Waals surface area contributed by atoms with E-state index in [4.69, 9.17) is 4.74 Å². The molecule has 0 radical (unpaired) electrons. The molecule has 4 nitrogen and oxygen atoms in total. The fourth-order valence-electron chi connectivity index (χ4n) is 2.39. The summed E-state index contributed by atoms with van der Waals surface area (Å²) in [5.41, 5.74) is 3.56. The molecule has 0 aliphatic carbocycles. The lowest BCUT2D eigenvalue weighted by molar-refractivity contribution is 0.236. The molecule has 0 heterocycles. The molecule has 0 unspecified atom stereocenters. The maximum absolute atomic E-state index is 11.7. The molecule has 2 N–H and O–H groups in total. The zero-order valence-corrected chi connectivity index (χ0v) is 14.5. The van der Waals surface area contributed by atoms with Crippen LogP contribution in [0.5, 0.6) is 5.75 Å². The van der Waals surface area contributed by atoms with Gasteiger partial charge in [-0.25, -0.2) is 4.79 Å². The van der Waals surface area contributed by atoms with E-state index in [0.29, 0.717) is 19.7 Å². The van der Waals surface area contributed by atoms with E-state index in [-0.39, 0.29) is 6.03 Å². The number of ether oxygens (including phenoxy) is 1. The minimum Gasteiger partial charge on any atom is -0.491 e. The summed E-state index contributed by atoms with van der Waals surface area (Å²) in [6, 6.07) is 16.2. The Morgan fingerprint density at radius 2 is 1.75 bits per heavy atom. The van der Waals surface area contributed by atoms with Crippen molar-refractivity contribution < 1.29 is 9.53 Å². The van der Waals surface area contributed by atoms with E-state index in [2.05, 4.69) is 28.8 Å². The third-order valence-corrected chi connectivity index (χ3v) is 3.76. The van der Waals surface area contributed by atoms with Crippen LogP contribution in [0.25, 0.3) is 0 Å². The average Bonchev–Trinajstić information content (AvgIpc) is 2.59. The van der Waals surface area contributed by atoms with E-state index in [1.807, 2.05) is 44.2 Å². The van der Waals surface area contributed by atoms with Crippen LogP contribution in [0.3, 0.4) is 0 Å². The van der Waals surface area contributed by atoms with Gasteiger partial charge in [0.25, 0.3) is 0 Å². The molecule has 24 heavy (non-hydrogen) atoms. The topological polar surface area (TPSA) is 50.4 Å². The van der Waals surface area contributed by atoms with Gasteiger partial charge in [-0.05, 0) is 49.4 Å². The van der Waals surface area contributed by atoms with Crippen molar-refractivity contribution in [2.45, 2.75) is 26.7 Å². The Morgan fingerprint density at radius 3 is 2.54 bits per heavy atom. The third-order valence-electron chi connectivity index (χ3n) is 3.76. The maximum Gasteiger partial charge on any atom is 0.314 e. The van der Waals surface area contributed by atoms with Gasteiger partial charge in [-0.2, -0.15) is 0 Å². The summed E-state index contributed by atoms with van der Waals surface area (Å²) >= 11 is 0. The standard InChI is InChI=1S/C20H26N2O2/c1-16-10-11-17(2)19(15-16)24-14-13-22-20(23)21-12-6-9-18-7-4-3-5-8-18/h3-5,7-8,10-11,15H,6,9,12-14H2,1-2H3,(H2,21,22,23). The first-order chi connectivity index (χ1) is 11.6. The van der Waals surface area contributed by atoms with E-state index in [1.54, 1.807) is 0 Å². The van der Waals surface area contributed by atoms with Gasteiger partial charge < -0.3 is 15.4 Å². The van der Waals surface area contributed by atoms with Crippen molar-refractivity contribution in [3.05, 3.63) is 65.2 Å². The van der Waals surface area contributed by atoms with Gasteiger partial charge in [0.05, 0.1) is 6.54 Å². The van der Waals surface area contributed by atoms with Gasteiger partial charge in [0.1, 0.15) is 12.4 Å². The molecule has 4 heteroatoms. The number of hydrogen-bond donors (Lipinski definition) is 2. The monoisotopic (exact) mass is 326 g/mol. The van der Waals surface area contributed by atoms with Gasteiger partial charge in [-0.15, -0.1) is 0 Å². The molecule has 2 rings (SSSR count). The average molecular weight is 326 g/mol. The number of urea groups is 1. The lowest BCUT2D eigenvalue weighted by Crippen LogP contribution is -2.38. The highest BCUT2D eigenvalue weighted by Crippen LogP contribution is 2.18. The van der Waals surface area contributed by atoms with E-state index in [0.717, 1.165) is 24.2 Å². The Balaban J connectivity index is 1.56. The first kappa shape index (κ1) is 17.9. The van der Waals surface area contributed by atoms with Crippen molar-refractivity contribution in [2.75, 3.05) is 19.7 Å². The summed E-state index contributed by atoms with van der Waals surface area (Å²) in [6.45, 7) is 5.66. The first-order valence-electron chi connectivity index (χ1n) is 8.41. The highest BCUT2D eigenvalue weighted by atomic mass is 16.5. The van der Waals surface area contributed by atoms with Crippen molar-refractivity contribution in [1.82, 2.24) is 10.6 Å². The highest BCUT2D eigenvalue weighted by molar-refractivity contribution is 5.73. The summed E-state index contributed by atoms with van der Waals surface area (Å²) in [4.78, 5) is 11.7. The SMILES string of the molecule is Cc1ccc(C)c(OCCNC(=O)NCCCc2ccccc2)c1. The Hall–Kier alpha value is -2.49. The van der Waals surface area contributed by atoms with Crippen molar-refractivity contribution in [3.63, 3.8) is 0 Å². The molecule has 0 aliphatic rings. The summed E-state index contributed by atoms with van der Waals surface area (Å²) < 4.78 is 5.71.